The number of likely N-dealkylation sites (tertiary alicyclic amines) is 1. The molecule has 12 heteroatoms. The summed E-state index contributed by atoms with van der Waals surface area (Å²) in [7, 11) is -4.19. The zero-order valence-electron chi connectivity index (χ0n) is 24.9. The summed E-state index contributed by atoms with van der Waals surface area (Å²) in [6.45, 7) is 5.85. The SMILES string of the molecule is Cc1ccc(S(=O)(=O)n2c(C(=O)c3cnn(-c4ccc5nc(C)[nH]c5c4)c3N)cc3ccc(CN4CCC(O)CC4)cc32)cc1. The van der Waals surface area contributed by atoms with Crippen molar-refractivity contribution in [1.29, 1.82) is 0 Å². The first-order valence-electron chi connectivity index (χ1n) is 14.8. The van der Waals surface area contributed by atoms with Crippen LogP contribution in [-0.2, 0) is 16.6 Å². The molecule has 1 fully saturated rings. The lowest BCUT2D eigenvalue weighted by Gasteiger charge is -2.29. The standard InChI is InChI=1S/C33H33N7O4S/c1-20-3-8-26(9-4-20)45(43,44)40-30-15-22(19-38-13-11-25(41)12-14-38)5-6-23(30)16-31(40)32(42)27-18-35-39(33(27)34)24-7-10-28-29(17-24)37-21(2)36-28/h3-10,15-18,25,41H,11-14,19,34H2,1-2H3,(H,36,37). The second-order valence-electron chi connectivity index (χ2n) is 11.7. The Kier molecular flexibility index (Phi) is 7.07. The van der Waals surface area contributed by atoms with Gasteiger partial charge in [0.05, 0.1) is 45.0 Å². The fourth-order valence-electron chi connectivity index (χ4n) is 6.02. The number of nitrogens with one attached hydrogen (secondary N) is 1. The number of anilines is 1. The van der Waals surface area contributed by atoms with Gasteiger partial charge in [0.15, 0.2) is 0 Å². The smallest absolute Gasteiger partial charge is 0.268 e. The molecule has 0 spiro atoms. The van der Waals surface area contributed by atoms with Gasteiger partial charge in [-0.3, -0.25) is 9.69 Å². The van der Waals surface area contributed by atoms with Crippen molar-refractivity contribution in [2.24, 2.45) is 0 Å². The molecule has 0 aliphatic carbocycles. The van der Waals surface area contributed by atoms with Gasteiger partial charge in [-0.25, -0.2) is 22.1 Å². The molecular formula is C33H33N7O4S. The number of carbonyl (C=O) groups excluding carboxylic acids is 1. The molecular weight excluding hydrogens is 590 g/mol. The van der Waals surface area contributed by atoms with Crippen molar-refractivity contribution in [1.82, 2.24) is 28.6 Å². The van der Waals surface area contributed by atoms with Gasteiger partial charge in [-0.2, -0.15) is 5.10 Å². The van der Waals surface area contributed by atoms with Crippen LogP contribution in [0, 0.1) is 13.8 Å². The van der Waals surface area contributed by atoms with Crippen LogP contribution in [0.4, 0.5) is 5.82 Å². The van der Waals surface area contributed by atoms with E-state index < -0.39 is 15.8 Å². The van der Waals surface area contributed by atoms with Crippen molar-refractivity contribution in [2.75, 3.05) is 18.8 Å². The first-order chi connectivity index (χ1) is 21.6. The minimum atomic E-state index is -4.19. The van der Waals surface area contributed by atoms with Crippen LogP contribution in [0.15, 0.2) is 77.8 Å². The Labute approximate surface area is 260 Å². The van der Waals surface area contributed by atoms with Gasteiger partial charge >= 0.3 is 0 Å². The summed E-state index contributed by atoms with van der Waals surface area (Å²) in [6.07, 6.45) is 2.48. The average Bonchev–Trinajstić information content (AvgIpc) is 3.71. The maximum Gasteiger partial charge on any atom is 0.268 e. The van der Waals surface area contributed by atoms with Crippen molar-refractivity contribution in [3.8, 4) is 5.69 Å². The van der Waals surface area contributed by atoms with E-state index in [0.717, 1.165) is 45.0 Å². The van der Waals surface area contributed by atoms with Crippen molar-refractivity contribution < 1.29 is 18.3 Å². The number of H-pyrrole nitrogens is 1. The van der Waals surface area contributed by atoms with Gasteiger partial charge in [0, 0.05) is 25.0 Å². The number of nitrogens with two attached hydrogens (primary N) is 1. The first kappa shape index (κ1) is 29.0. The number of aromatic amines is 1. The first-order valence-corrected chi connectivity index (χ1v) is 16.2. The van der Waals surface area contributed by atoms with Crippen LogP contribution >= 0.6 is 0 Å². The lowest BCUT2D eigenvalue weighted by atomic mass is 10.1. The molecule has 45 heavy (non-hydrogen) atoms. The Hall–Kier alpha value is -4.78. The van der Waals surface area contributed by atoms with Gasteiger partial charge in [0.2, 0.25) is 5.78 Å². The highest BCUT2D eigenvalue weighted by atomic mass is 32.2. The van der Waals surface area contributed by atoms with Gasteiger partial charge in [-0.1, -0.05) is 29.8 Å². The fraction of sp³-hybridized carbons (Fsp3) is 0.242. The number of rotatable bonds is 7. The molecule has 4 heterocycles. The summed E-state index contributed by atoms with van der Waals surface area (Å²) < 4.78 is 31.1. The molecule has 0 amide bonds. The molecule has 6 aromatic rings. The number of hydrogen-bond donors (Lipinski definition) is 3. The molecule has 0 saturated carbocycles. The highest BCUT2D eigenvalue weighted by Gasteiger charge is 2.30. The second kappa shape index (κ2) is 11.0. The molecule has 1 aliphatic rings. The Balaban J connectivity index is 1.33. The van der Waals surface area contributed by atoms with Crippen LogP contribution in [0.3, 0.4) is 0 Å². The highest BCUT2D eigenvalue weighted by Crippen LogP contribution is 2.31. The van der Waals surface area contributed by atoms with E-state index in [4.69, 9.17) is 5.73 Å². The molecule has 0 bridgehead atoms. The van der Waals surface area contributed by atoms with Gasteiger partial charge in [0.1, 0.15) is 17.3 Å². The molecule has 7 rings (SSSR count). The molecule has 0 radical (unpaired) electrons. The third-order valence-electron chi connectivity index (χ3n) is 8.46. The van der Waals surface area contributed by atoms with Gasteiger partial charge in [-0.05, 0) is 74.7 Å². The summed E-state index contributed by atoms with van der Waals surface area (Å²) >= 11 is 0. The Bertz CT molecular complexity index is 2190. The van der Waals surface area contributed by atoms with E-state index >= 15 is 0 Å². The number of ketones is 1. The number of benzene rings is 3. The molecule has 3 aromatic carbocycles. The Morgan fingerprint density at radius 1 is 1.02 bits per heavy atom. The number of hydrogen-bond acceptors (Lipinski definition) is 8. The number of piperidine rings is 1. The number of aliphatic hydroxyl groups excluding tert-OH is 1. The summed E-state index contributed by atoms with van der Waals surface area (Å²) in [5.74, 6) is 0.302. The fourth-order valence-corrected chi connectivity index (χ4v) is 7.53. The van der Waals surface area contributed by atoms with Crippen LogP contribution in [0.25, 0.3) is 27.6 Å². The van der Waals surface area contributed by atoms with E-state index in [1.54, 1.807) is 30.3 Å². The minimum Gasteiger partial charge on any atom is -0.393 e. The van der Waals surface area contributed by atoms with E-state index in [1.165, 1.54) is 10.9 Å². The Morgan fingerprint density at radius 3 is 2.53 bits per heavy atom. The maximum atomic E-state index is 14.3. The number of fused-ring (bicyclic) bond motifs is 2. The van der Waals surface area contributed by atoms with Crippen LogP contribution < -0.4 is 5.73 Å². The van der Waals surface area contributed by atoms with Crippen LogP contribution in [0.2, 0.25) is 0 Å². The number of nitrogen functional groups attached to an aromatic ring is 1. The van der Waals surface area contributed by atoms with Gasteiger partial charge < -0.3 is 15.8 Å². The third-order valence-corrected chi connectivity index (χ3v) is 10.2. The molecule has 3 aromatic heterocycles. The molecule has 1 aliphatic heterocycles. The highest BCUT2D eigenvalue weighted by molar-refractivity contribution is 7.90. The molecule has 0 atom stereocenters. The van der Waals surface area contributed by atoms with E-state index in [-0.39, 0.29) is 28.1 Å². The van der Waals surface area contributed by atoms with E-state index in [1.807, 2.05) is 50.2 Å². The van der Waals surface area contributed by atoms with Gasteiger partial charge in [0.25, 0.3) is 10.0 Å². The zero-order chi connectivity index (χ0) is 31.5. The van der Waals surface area contributed by atoms with E-state index in [2.05, 4.69) is 20.0 Å². The van der Waals surface area contributed by atoms with Crippen LogP contribution in [0.5, 0.6) is 0 Å². The number of aryl methyl sites for hydroxylation is 2. The number of nitrogens with zero attached hydrogens (tertiary/aromatic N) is 5. The Morgan fingerprint density at radius 2 is 1.78 bits per heavy atom. The second-order valence-corrected chi connectivity index (χ2v) is 13.5. The van der Waals surface area contributed by atoms with Crippen LogP contribution in [0.1, 0.15) is 45.8 Å². The summed E-state index contributed by atoms with van der Waals surface area (Å²) in [4.78, 5) is 24.1. The van der Waals surface area contributed by atoms with Crippen molar-refractivity contribution in [3.63, 3.8) is 0 Å². The van der Waals surface area contributed by atoms with Gasteiger partial charge in [-0.15, -0.1) is 0 Å². The summed E-state index contributed by atoms with van der Waals surface area (Å²) in [5.41, 5.74) is 11.0. The van der Waals surface area contributed by atoms with Crippen molar-refractivity contribution in [3.05, 3.63) is 101 Å². The van der Waals surface area contributed by atoms with Crippen LogP contribution in [-0.4, -0.2) is 67.1 Å². The topological polar surface area (TPSA) is 152 Å². The van der Waals surface area contributed by atoms with E-state index in [9.17, 15) is 18.3 Å². The molecule has 0 unspecified atom stereocenters. The molecule has 4 N–H and O–H groups in total. The largest absolute Gasteiger partial charge is 0.393 e. The number of imidazole rings is 1. The quantitative estimate of drug-likeness (QED) is 0.222. The van der Waals surface area contributed by atoms with E-state index in [0.29, 0.717) is 36.0 Å². The predicted molar refractivity (Wildman–Crippen MR) is 172 cm³/mol. The summed E-state index contributed by atoms with van der Waals surface area (Å²) in [5, 5.41) is 14.9. The third kappa shape index (κ3) is 5.20. The summed E-state index contributed by atoms with van der Waals surface area (Å²) in [6, 6.07) is 19.3. The number of aromatic nitrogens is 5. The zero-order valence-corrected chi connectivity index (χ0v) is 25.8. The molecule has 11 nitrogen and oxygen atoms in total. The lowest BCUT2D eigenvalue weighted by molar-refractivity contribution is 0.0792. The van der Waals surface area contributed by atoms with Crippen molar-refractivity contribution in [2.45, 2.75) is 44.2 Å². The maximum absolute atomic E-state index is 14.3. The average molecular weight is 624 g/mol. The normalized spacial score (nSPS) is 14.9. The lowest BCUT2D eigenvalue weighted by Crippen LogP contribution is -2.35. The van der Waals surface area contributed by atoms with Crippen molar-refractivity contribution >= 4 is 43.6 Å². The monoisotopic (exact) mass is 623 g/mol. The number of carbonyl (C=O) groups is 1. The minimum absolute atomic E-state index is 0.0327. The molecule has 1 saturated heterocycles. The number of aliphatic hydroxyl groups is 1. The predicted octanol–water partition coefficient (Wildman–Crippen LogP) is 4.33. The molecule has 230 valence electrons.